The average molecular weight is 637 g/mol. The van der Waals surface area contributed by atoms with E-state index in [-0.39, 0.29) is 5.91 Å². The number of likely N-dealkylation sites (N-methyl/N-ethyl adjacent to an activating group) is 1. The second kappa shape index (κ2) is 10.2. The second-order valence-electron chi connectivity index (χ2n) is 9.18. The van der Waals surface area contributed by atoms with Crippen LogP contribution in [0.25, 0.3) is 0 Å². The highest BCUT2D eigenvalue weighted by molar-refractivity contribution is 9.10. The van der Waals surface area contributed by atoms with Crippen molar-refractivity contribution in [2.75, 3.05) is 66.3 Å². The molecule has 0 aliphatic carbocycles. The van der Waals surface area contributed by atoms with E-state index in [1.165, 1.54) is 11.1 Å². The Kier molecular flexibility index (Phi) is 6.86. The number of rotatable bonds is 4. The molecule has 0 unspecified atom stereocenters. The summed E-state index contributed by atoms with van der Waals surface area (Å²) in [5, 5.41) is 4.56. The fraction of sp³-hybridized carbons (Fsp3) is 0.280. The number of carbonyl (C=O) groups excluding carboxylic acids is 1. The molecule has 1 N–H and O–H groups in total. The van der Waals surface area contributed by atoms with Crippen molar-refractivity contribution in [1.82, 2.24) is 14.9 Å². The first-order chi connectivity index (χ1) is 18.3. The van der Waals surface area contributed by atoms with Gasteiger partial charge in [-0.1, -0.05) is 40.9 Å². The summed E-state index contributed by atoms with van der Waals surface area (Å²) in [5.41, 5.74) is 2.41. The van der Waals surface area contributed by atoms with Crippen molar-refractivity contribution in [3.05, 3.63) is 61.6 Å². The van der Waals surface area contributed by atoms with Gasteiger partial charge in [0, 0.05) is 49.1 Å². The molecule has 196 valence electrons. The highest BCUT2D eigenvalue weighted by Gasteiger charge is 2.41. The monoisotopic (exact) mass is 634 g/mol. The topological polar surface area (TPSA) is 80.2 Å². The van der Waals surface area contributed by atoms with Crippen LogP contribution in [0, 0.1) is 0 Å². The minimum absolute atomic E-state index is 0.331. The maximum absolute atomic E-state index is 13.6. The fourth-order valence-electron chi connectivity index (χ4n) is 4.83. The number of piperazine rings is 1. The molecule has 2 aromatic carbocycles. The molecule has 0 radical (unpaired) electrons. The number of carbonyl (C=O) groups is 1. The molecule has 3 aliphatic rings. The number of guanidine groups is 1. The molecule has 6 rings (SSSR count). The highest BCUT2D eigenvalue weighted by Crippen LogP contribution is 2.41. The third-order valence-electron chi connectivity index (χ3n) is 6.73. The summed E-state index contributed by atoms with van der Waals surface area (Å²) in [5.74, 6) is 0.898. The molecule has 9 nitrogen and oxygen atoms in total. The van der Waals surface area contributed by atoms with Crippen molar-refractivity contribution in [2.45, 2.75) is 0 Å². The number of hydrogen-bond acceptors (Lipinski definition) is 8. The summed E-state index contributed by atoms with van der Waals surface area (Å²) in [7, 11) is 2.12. The Labute approximate surface area is 243 Å². The Balaban J connectivity index is 1.31. The van der Waals surface area contributed by atoms with Crippen LogP contribution in [0.3, 0.4) is 0 Å². The fourth-order valence-corrected chi connectivity index (χ4v) is 6.56. The van der Waals surface area contributed by atoms with Gasteiger partial charge in [-0.25, -0.2) is 9.88 Å². The standard InChI is InChI=1S/C25H22BrCl3N8O/c1-34-7-9-35(10-8-34)20-16(26)11-14(12-19(20)29)32-24-31-13-15-22(33-24)36-6-5-30-25(36)37(23(15)38)21-17(27)3-2-4-18(21)28/h2-4,11-13H,5-10H2,1H3,(H,31,32,33). The Bertz CT molecular complexity index is 1430. The molecule has 13 heteroatoms. The molecule has 4 heterocycles. The Hall–Kier alpha value is -2.63. The van der Waals surface area contributed by atoms with Crippen LogP contribution in [0.5, 0.6) is 0 Å². The highest BCUT2D eigenvalue weighted by atomic mass is 79.9. The van der Waals surface area contributed by atoms with Gasteiger partial charge in [0.1, 0.15) is 5.56 Å². The number of halogens is 4. The number of aliphatic imine (C=N–C) groups is 1. The third-order valence-corrected chi connectivity index (χ3v) is 8.23. The average Bonchev–Trinajstić information content (AvgIpc) is 3.36. The molecule has 38 heavy (non-hydrogen) atoms. The van der Waals surface area contributed by atoms with Crippen LogP contribution < -0.4 is 20.0 Å². The van der Waals surface area contributed by atoms with E-state index in [9.17, 15) is 4.79 Å². The zero-order valence-electron chi connectivity index (χ0n) is 20.3. The lowest BCUT2D eigenvalue weighted by atomic mass is 10.1. The van der Waals surface area contributed by atoms with Crippen LogP contribution >= 0.6 is 50.7 Å². The summed E-state index contributed by atoms with van der Waals surface area (Å²) in [6, 6.07) is 8.92. The molecule has 0 bridgehead atoms. The van der Waals surface area contributed by atoms with Crippen LogP contribution in [-0.4, -0.2) is 73.1 Å². The van der Waals surface area contributed by atoms with Crippen molar-refractivity contribution >= 4 is 91.4 Å². The number of fused-ring (bicyclic) bond motifs is 3. The van der Waals surface area contributed by atoms with Crippen LogP contribution in [0.1, 0.15) is 10.4 Å². The van der Waals surface area contributed by atoms with Gasteiger partial charge in [-0.2, -0.15) is 4.98 Å². The SMILES string of the molecule is CN1CCN(c2c(Cl)cc(Nc3ncc4c(n3)N3CCN=C3N(c3c(Cl)cccc3Cl)C4=O)cc2Br)CC1. The van der Waals surface area contributed by atoms with E-state index in [1.807, 2.05) is 17.0 Å². The van der Waals surface area contributed by atoms with Gasteiger partial charge in [-0.3, -0.25) is 14.7 Å². The lowest BCUT2D eigenvalue weighted by molar-refractivity contribution is 0.1000. The minimum Gasteiger partial charge on any atom is -0.367 e. The lowest BCUT2D eigenvalue weighted by Crippen LogP contribution is -2.51. The second-order valence-corrected chi connectivity index (χ2v) is 11.3. The predicted molar refractivity (Wildman–Crippen MR) is 157 cm³/mol. The molecule has 1 fully saturated rings. The molecule has 3 aliphatic heterocycles. The summed E-state index contributed by atoms with van der Waals surface area (Å²) in [6.07, 6.45) is 1.51. The molecular formula is C25H22BrCl3N8O. The Morgan fingerprint density at radius 2 is 1.71 bits per heavy atom. The van der Waals surface area contributed by atoms with E-state index in [0.29, 0.717) is 57.1 Å². The first kappa shape index (κ1) is 25.6. The van der Waals surface area contributed by atoms with Gasteiger partial charge >= 0.3 is 0 Å². The zero-order valence-corrected chi connectivity index (χ0v) is 24.1. The van der Waals surface area contributed by atoms with E-state index in [2.05, 4.69) is 53.1 Å². The number of aromatic nitrogens is 2. The summed E-state index contributed by atoms with van der Waals surface area (Å²) in [6.45, 7) is 4.82. The number of para-hydroxylation sites is 1. The molecule has 0 saturated carbocycles. The molecule has 1 saturated heterocycles. The van der Waals surface area contributed by atoms with Gasteiger partial charge in [0.05, 0.1) is 33.0 Å². The number of anilines is 5. The van der Waals surface area contributed by atoms with Crippen molar-refractivity contribution in [3.63, 3.8) is 0 Å². The smallest absolute Gasteiger partial charge is 0.270 e. The predicted octanol–water partition coefficient (Wildman–Crippen LogP) is 5.53. The van der Waals surface area contributed by atoms with E-state index >= 15 is 0 Å². The molecular weight excluding hydrogens is 615 g/mol. The van der Waals surface area contributed by atoms with Crippen molar-refractivity contribution in [2.24, 2.45) is 4.99 Å². The number of benzene rings is 2. The van der Waals surface area contributed by atoms with Crippen LogP contribution in [0.4, 0.5) is 28.8 Å². The maximum Gasteiger partial charge on any atom is 0.270 e. The van der Waals surface area contributed by atoms with Gasteiger partial charge in [-0.05, 0) is 47.2 Å². The van der Waals surface area contributed by atoms with E-state index in [1.54, 1.807) is 18.2 Å². The molecule has 0 spiro atoms. The normalized spacial score (nSPS) is 17.4. The third kappa shape index (κ3) is 4.48. The van der Waals surface area contributed by atoms with Gasteiger partial charge in [0.25, 0.3) is 5.91 Å². The summed E-state index contributed by atoms with van der Waals surface area (Å²) < 4.78 is 0.881. The van der Waals surface area contributed by atoms with Crippen molar-refractivity contribution in [3.8, 4) is 0 Å². The maximum atomic E-state index is 13.6. The number of hydrogen-bond donors (Lipinski definition) is 1. The first-order valence-electron chi connectivity index (χ1n) is 12.0. The largest absolute Gasteiger partial charge is 0.367 e. The van der Waals surface area contributed by atoms with E-state index in [4.69, 9.17) is 34.8 Å². The number of nitrogens with zero attached hydrogens (tertiary/aromatic N) is 7. The van der Waals surface area contributed by atoms with Crippen LogP contribution in [-0.2, 0) is 0 Å². The van der Waals surface area contributed by atoms with Gasteiger partial charge in [0.2, 0.25) is 11.9 Å². The molecule has 1 aromatic heterocycles. The van der Waals surface area contributed by atoms with Gasteiger partial charge in [0.15, 0.2) is 5.82 Å². The molecule has 3 aromatic rings. The molecule has 1 amide bonds. The van der Waals surface area contributed by atoms with Crippen LogP contribution in [0.2, 0.25) is 15.1 Å². The van der Waals surface area contributed by atoms with Gasteiger partial charge < -0.3 is 15.1 Å². The molecule has 0 atom stereocenters. The van der Waals surface area contributed by atoms with Crippen molar-refractivity contribution in [1.29, 1.82) is 0 Å². The number of nitrogens with one attached hydrogen (secondary N) is 1. The van der Waals surface area contributed by atoms with Crippen LogP contribution in [0.15, 0.2) is 46.0 Å². The summed E-state index contributed by atoms with van der Waals surface area (Å²) in [4.78, 5) is 35.2. The van der Waals surface area contributed by atoms with E-state index < -0.39 is 0 Å². The van der Waals surface area contributed by atoms with E-state index in [0.717, 1.165) is 42.0 Å². The Morgan fingerprint density at radius 1 is 0.974 bits per heavy atom. The Morgan fingerprint density at radius 3 is 2.42 bits per heavy atom. The van der Waals surface area contributed by atoms with Crippen molar-refractivity contribution < 1.29 is 4.79 Å². The zero-order chi connectivity index (χ0) is 26.6. The number of amides is 1. The lowest BCUT2D eigenvalue weighted by Gasteiger charge is -2.35. The van der Waals surface area contributed by atoms with Gasteiger partial charge in [-0.15, -0.1) is 0 Å². The first-order valence-corrected chi connectivity index (χ1v) is 13.9. The summed E-state index contributed by atoms with van der Waals surface area (Å²) >= 11 is 23.3. The minimum atomic E-state index is -0.347. The quantitative estimate of drug-likeness (QED) is 0.404.